The molecule has 0 aliphatic heterocycles. The summed E-state index contributed by atoms with van der Waals surface area (Å²) >= 11 is 0. The molecule has 8 heteroatoms. The number of carboxylic acid groups (broad SMARTS) is 1. The lowest BCUT2D eigenvalue weighted by molar-refractivity contribution is 0.0663. The third-order valence-electron chi connectivity index (χ3n) is 3.10. The fraction of sp³-hybridized carbons (Fsp3) is 0.267. The van der Waals surface area contributed by atoms with Crippen molar-refractivity contribution >= 4 is 18.9 Å². The van der Waals surface area contributed by atoms with Crippen molar-refractivity contribution in [1.29, 1.82) is 0 Å². The van der Waals surface area contributed by atoms with Crippen LogP contribution in [0.25, 0.3) is 11.3 Å². The molecule has 0 unspecified atom stereocenters. The van der Waals surface area contributed by atoms with Gasteiger partial charge in [-0.3, -0.25) is 4.57 Å². The van der Waals surface area contributed by atoms with Gasteiger partial charge in [0, 0.05) is 19.8 Å². The SMILES string of the molecule is CCOc1cc(-c2ccc(C(=O)O)o2)cc(P(=O)(OC)OC)c1. The molecule has 2 aromatic rings. The Morgan fingerprint density at radius 3 is 2.43 bits per heavy atom. The highest BCUT2D eigenvalue weighted by Gasteiger charge is 2.26. The van der Waals surface area contributed by atoms with E-state index in [1.165, 1.54) is 26.4 Å². The van der Waals surface area contributed by atoms with Gasteiger partial charge in [-0.15, -0.1) is 0 Å². The van der Waals surface area contributed by atoms with E-state index in [9.17, 15) is 9.36 Å². The van der Waals surface area contributed by atoms with E-state index < -0.39 is 13.6 Å². The Bertz CT molecular complexity index is 742. The summed E-state index contributed by atoms with van der Waals surface area (Å²) in [5, 5.41) is 9.23. The number of rotatable bonds is 7. The smallest absolute Gasteiger partial charge is 0.371 e. The van der Waals surface area contributed by atoms with Crippen LogP contribution in [-0.2, 0) is 13.6 Å². The standard InChI is InChI=1S/C15H17O7P/c1-4-21-11-7-10(13-5-6-14(22-13)15(16)17)8-12(9-11)23(18,19-2)20-3/h5-9H,4H2,1-3H3,(H,16,17). The Hall–Kier alpha value is -2.08. The quantitative estimate of drug-likeness (QED) is 0.774. The van der Waals surface area contributed by atoms with Crippen LogP contribution in [0, 0.1) is 0 Å². The van der Waals surface area contributed by atoms with Gasteiger partial charge in [-0.25, -0.2) is 4.79 Å². The van der Waals surface area contributed by atoms with Gasteiger partial charge in [-0.2, -0.15) is 0 Å². The average Bonchev–Trinajstić information content (AvgIpc) is 3.04. The second-order valence-corrected chi connectivity index (χ2v) is 6.72. The largest absolute Gasteiger partial charge is 0.494 e. The molecule has 124 valence electrons. The Morgan fingerprint density at radius 2 is 1.91 bits per heavy atom. The molecule has 0 aliphatic carbocycles. The van der Waals surface area contributed by atoms with Crippen molar-refractivity contribution in [1.82, 2.24) is 0 Å². The third-order valence-corrected chi connectivity index (χ3v) is 4.95. The van der Waals surface area contributed by atoms with E-state index in [4.69, 9.17) is 23.3 Å². The first-order valence-electron chi connectivity index (χ1n) is 6.77. The van der Waals surface area contributed by atoms with Gasteiger partial charge in [0.15, 0.2) is 0 Å². The predicted octanol–water partition coefficient (Wildman–Crippen LogP) is 3.15. The van der Waals surface area contributed by atoms with Crippen molar-refractivity contribution in [3.05, 3.63) is 36.1 Å². The maximum atomic E-state index is 12.6. The third kappa shape index (κ3) is 3.64. The van der Waals surface area contributed by atoms with Crippen LogP contribution < -0.4 is 10.0 Å². The molecule has 0 bridgehead atoms. The fourth-order valence-corrected chi connectivity index (χ4v) is 3.18. The first-order chi connectivity index (χ1) is 10.9. The highest BCUT2D eigenvalue weighted by molar-refractivity contribution is 7.62. The van der Waals surface area contributed by atoms with E-state index in [-0.39, 0.29) is 11.1 Å². The number of carboxylic acids is 1. The van der Waals surface area contributed by atoms with Gasteiger partial charge in [-0.05, 0) is 37.3 Å². The molecule has 1 aromatic carbocycles. The lowest BCUT2D eigenvalue weighted by atomic mass is 10.1. The number of benzene rings is 1. The van der Waals surface area contributed by atoms with Gasteiger partial charge < -0.3 is 23.3 Å². The van der Waals surface area contributed by atoms with Crippen molar-refractivity contribution in [2.24, 2.45) is 0 Å². The zero-order valence-electron chi connectivity index (χ0n) is 12.9. The van der Waals surface area contributed by atoms with Gasteiger partial charge >= 0.3 is 13.6 Å². The van der Waals surface area contributed by atoms with Crippen LogP contribution in [0.5, 0.6) is 5.75 Å². The zero-order valence-corrected chi connectivity index (χ0v) is 13.8. The van der Waals surface area contributed by atoms with E-state index in [1.807, 2.05) is 6.92 Å². The summed E-state index contributed by atoms with van der Waals surface area (Å²) in [6.45, 7) is 2.22. The van der Waals surface area contributed by atoms with Crippen molar-refractivity contribution in [3.63, 3.8) is 0 Å². The van der Waals surface area contributed by atoms with Crippen LogP contribution in [-0.4, -0.2) is 31.9 Å². The molecular weight excluding hydrogens is 323 g/mol. The number of ether oxygens (including phenoxy) is 1. The number of aromatic carboxylic acids is 1. The Morgan fingerprint density at radius 1 is 1.22 bits per heavy atom. The van der Waals surface area contributed by atoms with Crippen LogP contribution in [0.15, 0.2) is 34.7 Å². The molecule has 0 saturated carbocycles. The Kier molecular flexibility index (Phi) is 5.26. The molecule has 0 radical (unpaired) electrons. The number of furan rings is 1. The van der Waals surface area contributed by atoms with E-state index >= 15 is 0 Å². The summed E-state index contributed by atoms with van der Waals surface area (Å²) < 4.78 is 33.3. The average molecular weight is 340 g/mol. The zero-order chi connectivity index (χ0) is 17.0. The normalized spacial score (nSPS) is 11.4. The van der Waals surface area contributed by atoms with Crippen molar-refractivity contribution in [2.45, 2.75) is 6.92 Å². The van der Waals surface area contributed by atoms with Gasteiger partial charge in [0.05, 0.1) is 11.9 Å². The van der Waals surface area contributed by atoms with Crippen molar-refractivity contribution in [3.8, 4) is 17.1 Å². The van der Waals surface area contributed by atoms with Crippen LogP contribution in [0.2, 0.25) is 0 Å². The molecule has 0 saturated heterocycles. The molecule has 1 N–H and O–H groups in total. The highest BCUT2D eigenvalue weighted by atomic mass is 31.2. The maximum absolute atomic E-state index is 12.6. The monoisotopic (exact) mass is 340 g/mol. The lowest BCUT2D eigenvalue weighted by Gasteiger charge is -2.16. The van der Waals surface area contributed by atoms with Crippen LogP contribution in [0.1, 0.15) is 17.5 Å². The van der Waals surface area contributed by atoms with Crippen LogP contribution in [0.3, 0.4) is 0 Å². The van der Waals surface area contributed by atoms with Gasteiger partial charge in [0.2, 0.25) is 5.76 Å². The summed E-state index contributed by atoms with van der Waals surface area (Å²) in [5.74, 6) is -0.603. The summed E-state index contributed by atoms with van der Waals surface area (Å²) in [7, 11) is -0.913. The van der Waals surface area contributed by atoms with E-state index in [0.717, 1.165) is 0 Å². The molecule has 23 heavy (non-hydrogen) atoms. The van der Waals surface area contributed by atoms with E-state index in [0.29, 0.717) is 23.7 Å². The first kappa shape index (κ1) is 17.3. The second kappa shape index (κ2) is 7.00. The highest BCUT2D eigenvalue weighted by Crippen LogP contribution is 2.46. The molecule has 7 nitrogen and oxygen atoms in total. The number of hydrogen-bond acceptors (Lipinski definition) is 6. The predicted molar refractivity (Wildman–Crippen MR) is 83.5 cm³/mol. The molecule has 2 rings (SSSR count). The molecule has 0 amide bonds. The molecule has 0 fully saturated rings. The van der Waals surface area contributed by atoms with Gasteiger partial charge in [0.25, 0.3) is 0 Å². The number of carbonyl (C=O) groups is 1. The van der Waals surface area contributed by atoms with Gasteiger partial charge in [0.1, 0.15) is 11.5 Å². The Labute approximate surface area is 133 Å². The molecule has 1 heterocycles. The Balaban J connectivity index is 2.56. The minimum absolute atomic E-state index is 0.190. The summed E-state index contributed by atoms with van der Waals surface area (Å²) in [4.78, 5) is 10.9. The summed E-state index contributed by atoms with van der Waals surface area (Å²) in [6.07, 6.45) is 0. The molecule has 1 aromatic heterocycles. The minimum atomic E-state index is -3.48. The molecule has 0 spiro atoms. The summed E-state index contributed by atoms with van der Waals surface area (Å²) in [5.41, 5.74) is 0.507. The van der Waals surface area contributed by atoms with Crippen molar-refractivity contribution < 1.29 is 32.7 Å². The topological polar surface area (TPSA) is 95.2 Å². The number of hydrogen-bond donors (Lipinski definition) is 1. The second-order valence-electron chi connectivity index (χ2n) is 4.48. The van der Waals surface area contributed by atoms with Gasteiger partial charge in [-0.1, -0.05) is 0 Å². The maximum Gasteiger partial charge on any atom is 0.371 e. The van der Waals surface area contributed by atoms with Crippen LogP contribution >= 0.6 is 7.60 Å². The summed E-state index contributed by atoms with van der Waals surface area (Å²) in [6, 6.07) is 7.63. The first-order valence-corrected chi connectivity index (χ1v) is 8.31. The van der Waals surface area contributed by atoms with Crippen LogP contribution in [0.4, 0.5) is 0 Å². The van der Waals surface area contributed by atoms with Crippen molar-refractivity contribution in [2.75, 3.05) is 20.8 Å². The minimum Gasteiger partial charge on any atom is -0.494 e. The van der Waals surface area contributed by atoms with E-state index in [2.05, 4.69) is 0 Å². The molecule has 0 atom stereocenters. The lowest BCUT2D eigenvalue weighted by Crippen LogP contribution is -2.09. The molecular formula is C15H17O7P. The molecule has 0 aliphatic rings. The fourth-order valence-electron chi connectivity index (χ4n) is 2.03. The van der Waals surface area contributed by atoms with E-state index in [1.54, 1.807) is 18.2 Å².